The van der Waals surface area contributed by atoms with Gasteiger partial charge >= 0.3 is 6.03 Å². The molecule has 0 spiro atoms. The third kappa shape index (κ3) is 3.37. The van der Waals surface area contributed by atoms with Crippen molar-refractivity contribution < 1.29 is 14.5 Å². The summed E-state index contributed by atoms with van der Waals surface area (Å²) < 4.78 is 5.26. The van der Waals surface area contributed by atoms with Gasteiger partial charge in [-0.2, -0.15) is 0 Å². The Balaban J connectivity index is 1.62. The molecule has 0 aromatic heterocycles. The number of rotatable bonds is 2. The number of nitro groups is 1. The summed E-state index contributed by atoms with van der Waals surface area (Å²) in [6.45, 7) is 4.77. The second-order valence-electron chi connectivity index (χ2n) is 5.60. The summed E-state index contributed by atoms with van der Waals surface area (Å²) in [5, 5.41) is 11.1. The Morgan fingerprint density at radius 1 is 1.00 bits per heavy atom. The number of morpholine rings is 1. The monoisotopic (exact) mass is 320 g/mol. The van der Waals surface area contributed by atoms with E-state index in [0.717, 1.165) is 0 Å². The van der Waals surface area contributed by atoms with Crippen LogP contribution in [0.1, 0.15) is 0 Å². The molecule has 0 aliphatic carbocycles. The second-order valence-corrected chi connectivity index (χ2v) is 5.60. The molecule has 2 aliphatic heterocycles. The Kier molecular flexibility index (Phi) is 4.61. The molecule has 2 heterocycles. The Labute approximate surface area is 134 Å². The SMILES string of the molecule is O=C(N1CCOCC1)N1CCN(c2ccccc2[N+](=O)[O-])CC1. The molecule has 2 amide bonds. The zero-order valence-electron chi connectivity index (χ0n) is 12.9. The largest absolute Gasteiger partial charge is 0.378 e. The average molecular weight is 320 g/mol. The molecule has 1 aromatic carbocycles. The fraction of sp³-hybridized carbons (Fsp3) is 0.533. The Morgan fingerprint density at radius 2 is 1.61 bits per heavy atom. The van der Waals surface area contributed by atoms with Gasteiger partial charge in [0.1, 0.15) is 5.69 Å². The number of nitrogens with zero attached hydrogens (tertiary/aromatic N) is 4. The van der Waals surface area contributed by atoms with Gasteiger partial charge in [-0.3, -0.25) is 10.1 Å². The predicted molar refractivity (Wildman–Crippen MR) is 84.7 cm³/mol. The van der Waals surface area contributed by atoms with E-state index in [1.807, 2.05) is 14.7 Å². The van der Waals surface area contributed by atoms with E-state index < -0.39 is 0 Å². The topological polar surface area (TPSA) is 79.2 Å². The lowest BCUT2D eigenvalue weighted by Gasteiger charge is -2.39. The van der Waals surface area contributed by atoms with E-state index in [9.17, 15) is 14.9 Å². The molecule has 2 saturated heterocycles. The molecule has 23 heavy (non-hydrogen) atoms. The van der Waals surface area contributed by atoms with Crippen molar-refractivity contribution in [2.75, 3.05) is 57.4 Å². The van der Waals surface area contributed by atoms with Gasteiger partial charge in [0, 0.05) is 45.3 Å². The standard InChI is InChI=1S/C15H20N4O4/c20-15(18-9-11-23-12-10-18)17-7-5-16(6-8-17)13-3-1-2-4-14(13)19(21)22/h1-4H,5-12H2. The molecule has 0 atom stereocenters. The van der Waals surface area contributed by atoms with E-state index in [1.165, 1.54) is 6.07 Å². The lowest BCUT2D eigenvalue weighted by molar-refractivity contribution is -0.384. The maximum Gasteiger partial charge on any atom is 0.320 e. The Hall–Kier alpha value is -2.35. The van der Waals surface area contributed by atoms with Crippen molar-refractivity contribution in [3.8, 4) is 0 Å². The van der Waals surface area contributed by atoms with Gasteiger partial charge in [0.25, 0.3) is 5.69 Å². The summed E-state index contributed by atoms with van der Waals surface area (Å²) in [7, 11) is 0. The van der Waals surface area contributed by atoms with Crippen LogP contribution >= 0.6 is 0 Å². The number of urea groups is 1. The molecular weight excluding hydrogens is 300 g/mol. The van der Waals surface area contributed by atoms with Crippen LogP contribution in [0, 0.1) is 10.1 Å². The number of para-hydroxylation sites is 2. The minimum Gasteiger partial charge on any atom is -0.378 e. The second kappa shape index (κ2) is 6.82. The number of benzene rings is 1. The Morgan fingerprint density at radius 3 is 2.26 bits per heavy atom. The Bertz CT molecular complexity index is 581. The quantitative estimate of drug-likeness (QED) is 0.604. The first-order valence-electron chi connectivity index (χ1n) is 7.77. The van der Waals surface area contributed by atoms with Gasteiger partial charge in [-0.25, -0.2) is 4.79 Å². The number of hydrogen-bond donors (Lipinski definition) is 0. The number of amides is 2. The third-order valence-electron chi connectivity index (χ3n) is 4.25. The molecule has 8 heteroatoms. The zero-order valence-corrected chi connectivity index (χ0v) is 12.9. The maximum absolute atomic E-state index is 12.4. The molecule has 2 aliphatic rings. The van der Waals surface area contributed by atoms with Crippen LogP contribution in [0.5, 0.6) is 0 Å². The lowest BCUT2D eigenvalue weighted by Crippen LogP contribution is -2.54. The van der Waals surface area contributed by atoms with Crippen molar-refractivity contribution in [2.45, 2.75) is 0 Å². The van der Waals surface area contributed by atoms with Crippen LogP contribution in [0.3, 0.4) is 0 Å². The first-order valence-corrected chi connectivity index (χ1v) is 7.77. The fourth-order valence-corrected chi connectivity index (χ4v) is 2.98. The molecular formula is C15H20N4O4. The van der Waals surface area contributed by atoms with Gasteiger partial charge in [0.2, 0.25) is 0 Å². The van der Waals surface area contributed by atoms with E-state index in [-0.39, 0.29) is 16.6 Å². The van der Waals surface area contributed by atoms with Crippen molar-refractivity contribution in [3.05, 3.63) is 34.4 Å². The maximum atomic E-state index is 12.4. The molecule has 2 fully saturated rings. The van der Waals surface area contributed by atoms with Crippen LogP contribution in [-0.2, 0) is 4.74 Å². The lowest BCUT2D eigenvalue weighted by atomic mass is 10.2. The zero-order chi connectivity index (χ0) is 16.2. The van der Waals surface area contributed by atoms with Crippen molar-refractivity contribution in [2.24, 2.45) is 0 Å². The summed E-state index contributed by atoms with van der Waals surface area (Å²) in [6, 6.07) is 6.78. The summed E-state index contributed by atoms with van der Waals surface area (Å²) in [6.07, 6.45) is 0. The normalized spacial score (nSPS) is 18.9. The van der Waals surface area contributed by atoms with E-state index in [0.29, 0.717) is 58.2 Å². The molecule has 8 nitrogen and oxygen atoms in total. The highest BCUT2D eigenvalue weighted by Gasteiger charge is 2.28. The minimum absolute atomic E-state index is 0.0375. The van der Waals surface area contributed by atoms with Gasteiger partial charge in [0.05, 0.1) is 18.1 Å². The van der Waals surface area contributed by atoms with Crippen molar-refractivity contribution in [1.29, 1.82) is 0 Å². The summed E-state index contributed by atoms with van der Waals surface area (Å²) in [5.41, 5.74) is 0.733. The number of hydrogen-bond acceptors (Lipinski definition) is 5. The number of ether oxygens (including phenoxy) is 1. The van der Waals surface area contributed by atoms with Crippen LogP contribution in [0.4, 0.5) is 16.2 Å². The summed E-state index contributed by atoms with van der Waals surface area (Å²) in [5.74, 6) is 0. The van der Waals surface area contributed by atoms with Gasteiger partial charge in [0.15, 0.2) is 0 Å². The molecule has 0 bridgehead atoms. The summed E-state index contributed by atoms with van der Waals surface area (Å²) in [4.78, 5) is 28.8. The van der Waals surface area contributed by atoms with Gasteiger partial charge < -0.3 is 19.4 Å². The molecule has 3 rings (SSSR count). The highest BCUT2D eigenvalue weighted by molar-refractivity contribution is 5.75. The number of carbonyl (C=O) groups excluding carboxylic acids is 1. The fourth-order valence-electron chi connectivity index (χ4n) is 2.98. The summed E-state index contributed by atoms with van der Waals surface area (Å²) >= 11 is 0. The van der Waals surface area contributed by atoms with Gasteiger partial charge in [-0.05, 0) is 6.07 Å². The molecule has 0 N–H and O–H groups in total. The van der Waals surface area contributed by atoms with E-state index in [1.54, 1.807) is 18.2 Å². The molecule has 0 saturated carbocycles. The van der Waals surface area contributed by atoms with Crippen molar-refractivity contribution in [3.63, 3.8) is 0 Å². The van der Waals surface area contributed by atoms with Crippen LogP contribution in [-0.4, -0.2) is 73.2 Å². The first-order chi connectivity index (χ1) is 11.2. The van der Waals surface area contributed by atoms with Crippen LogP contribution in [0.2, 0.25) is 0 Å². The number of carbonyl (C=O) groups is 1. The molecule has 124 valence electrons. The van der Waals surface area contributed by atoms with Crippen LogP contribution in [0.25, 0.3) is 0 Å². The van der Waals surface area contributed by atoms with Crippen molar-refractivity contribution in [1.82, 2.24) is 9.80 Å². The molecule has 0 radical (unpaired) electrons. The van der Waals surface area contributed by atoms with Gasteiger partial charge in [-0.15, -0.1) is 0 Å². The van der Waals surface area contributed by atoms with E-state index >= 15 is 0 Å². The number of anilines is 1. The first kappa shape index (κ1) is 15.5. The minimum atomic E-state index is -0.361. The highest BCUT2D eigenvalue weighted by Crippen LogP contribution is 2.28. The van der Waals surface area contributed by atoms with Gasteiger partial charge in [-0.1, -0.05) is 12.1 Å². The third-order valence-corrected chi connectivity index (χ3v) is 4.25. The number of piperazine rings is 1. The molecule has 1 aromatic rings. The van der Waals surface area contributed by atoms with Crippen molar-refractivity contribution >= 4 is 17.4 Å². The number of nitro benzene ring substituents is 1. The highest BCUT2D eigenvalue weighted by atomic mass is 16.6. The van der Waals surface area contributed by atoms with E-state index in [2.05, 4.69) is 0 Å². The smallest absolute Gasteiger partial charge is 0.320 e. The predicted octanol–water partition coefficient (Wildman–Crippen LogP) is 1.17. The van der Waals surface area contributed by atoms with Crippen LogP contribution in [0.15, 0.2) is 24.3 Å². The molecule has 0 unspecified atom stereocenters. The van der Waals surface area contributed by atoms with E-state index in [4.69, 9.17) is 4.74 Å². The van der Waals surface area contributed by atoms with Crippen LogP contribution < -0.4 is 4.90 Å². The average Bonchev–Trinajstić information content (AvgIpc) is 2.62.